The second-order valence-electron chi connectivity index (χ2n) is 13.0. The maximum absolute atomic E-state index is 14.0. The van der Waals surface area contributed by atoms with Crippen LogP contribution < -0.4 is 14.7 Å². The quantitative estimate of drug-likeness (QED) is 0.159. The first-order valence-corrected chi connectivity index (χ1v) is 17.3. The van der Waals surface area contributed by atoms with Crippen LogP contribution in [0.4, 0.5) is 48.5 Å². The van der Waals surface area contributed by atoms with E-state index in [0.717, 1.165) is 6.42 Å². The van der Waals surface area contributed by atoms with Gasteiger partial charge < -0.3 is 19.3 Å². The molecule has 52 heavy (non-hydrogen) atoms. The van der Waals surface area contributed by atoms with Gasteiger partial charge in [-0.1, -0.05) is 6.92 Å². The van der Waals surface area contributed by atoms with Crippen molar-refractivity contribution in [2.45, 2.75) is 91.3 Å². The Kier molecular flexibility index (Phi) is 11.5. The maximum atomic E-state index is 14.0. The Bertz CT molecular complexity index is 1720. The molecule has 3 unspecified atom stereocenters. The Balaban J connectivity index is 1.64. The Hall–Kier alpha value is -4.63. The molecular formula is C36H42F6N6O4. The predicted molar refractivity (Wildman–Crippen MR) is 181 cm³/mol. The minimum atomic E-state index is -5.04. The van der Waals surface area contributed by atoms with Gasteiger partial charge in [-0.05, 0) is 83.2 Å². The van der Waals surface area contributed by atoms with Crippen molar-refractivity contribution < 1.29 is 45.4 Å². The zero-order chi connectivity index (χ0) is 38.0. The van der Waals surface area contributed by atoms with Crippen molar-refractivity contribution >= 4 is 29.4 Å². The van der Waals surface area contributed by atoms with Crippen LogP contribution in [0, 0.1) is 19.8 Å². The average molecular weight is 737 g/mol. The molecule has 10 nitrogen and oxygen atoms in total. The summed E-state index contributed by atoms with van der Waals surface area (Å²) in [6, 6.07) is 2.08. The fourth-order valence-electron chi connectivity index (χ4n) is 7.09. The third kappa shape index (κ3) is 8.36. The van der Waals surface area contributed by atoms with Crippen LogP contribution in [0.3, 0.4) is 0 Å². The first-order chi connectivity index (χ1) is 24.5. The molecule has 4 heterocycles. The number of nitrogens with zero attached hydrogens (tertiary/aromatic N) is 6. The van der Waals surface area contributed by atoms with Crippen LogP contribution in [0.15, 0.2) is 36.7 Å². The molecule has 1 amide bonds. The summed E-state index contributed by atoms with van der Waals surface area (Å²) in [6.07, 6.45) is -5.55. The summed E-state index contributed by atoms with van der Waals surface area (Å²) in [7, 11) is 0. The summed E-state index contributed by atoms with van der Waals surface area (Å²) in [5, 5.41) is 0. The summed E-state index contributed by atoms with van der Waals surface area (Å²) >= 11 is 0. The largest absolute Gasteiger partial charge is 0.466 e. The van der Waals surface area contributed by atoms with Crippen molar-refractivity contribution in [3.63, 3.8) is 0 Å². The molecule has 0 radical (unpaired) electrons. The van der Waals surface area contributed by atoms with Crippen LogP contribution in [0.1, 0.15) is 86.1 Å². The molecule has 0 bridgehead atoms. The van der Waals surface area contributed by atoms with Gasteiger partial charge in [0, 0.05) is 36.9 Å². The number of pyridine rings is 1. The molecule has 0 N–H and O–H groups in total. The lowest BCUT2D eigenvalue weighted by molar-refractivity contribution is -0.148. The van der Waals surface area contributed by atoms with E-state index < -0.39 is 48.2 Å². The van der Waals surface area contributed by atoms with Crippen molar-refractivity contribution in [3.05, 3.63) is 70.3 Å². The number of aromatic nitrogens is 3. The van der Waals surface area contributed by atoms with Crippen LogP contribution in [0.25, 0.3) is 0 Å². The molecule has 0 spiro atoms. The highest BCUT2D eigenvalue weighted by Crippen LogP contribution is 2.45. The lowest BCUT2D eigenvalue weighted by Gasteiger charge is -2.44. The fourth-order valence-corrected chi connectivity index (χ4v) is 7.09. The number of halogens is 6. The molecule has 2 aliphatic heterocycles. The van der Waals surface area contributed by atoms with Gasteiger partial charge in [0.2, 0.25) is 5.95 Å². The number of benzene rings is 1. The summed E-state index contributed by atoms with van der Waals surface area (Å²) in [5.41, 5.74) is -0.412. The van der Waals surface area contributed by atoms with Gasteiger partial charge in [0.25, 0.3) is 0 Å². The molecule has 1 saturated heterocycles. The average Bonchev–Trinajstić information content (AvgIpc) is 3.09. The predicted octanol–water partition coefficient (Wildman–Crippen LogP) is 8.20. The van der Waals surface area contributed by atoms with E-state index in [2.05, 4.69) is 15.0 Å². The summed E-state index contributed by atoms with van der Waals surface area (Å²) < 4.78 is 94.4. The minimum Gasteiger partial charge on any atom is -0.466 e. The number of esters is 1. The number of ether oxygens (including phenoxy) is 2. The van der Waals surface area contributed by atoms with Gasteiger partial charge in [0.05, 0.1) is 65.8 Å². The maximum Gasteiger partial charge on any atom is 0.416 e. The van der Waals surface area contributed by atoms with Crippen LogP contribution >= 0.6 is 0 Å². The van der Waals surface area contributed by atoms with E-state index in [1.165, 1.54) is 17.3 Å². The van der Waals surface area contributed by atoms with E-state index in [0.29, 0.717) is 66.4 Å². The van der Waals surface area contributed by atoms with Crippen molar-refractivity contribution in [1.82, 2.24) is 15.0 Å². The monoisotopic (exact) mass is 736 g/mol. The standard InChI is InChI=1S/C36H42F6N6O4/c1-6-27-16-30(29-12-21(4)45-22(5)31(29)48(27)34(50)52-8-3)47(19-23-13-25(35(37,38)39)15-26(14-23)36(40,41)42)33-43-17-28(18-44-33)46-11-9-10-24(20-46)32(49)51-7-2/h12-15,17-18,24,27,30H,6-11,16,19-20H2,1-5H3. The first-order valence-electron chi connectivity index (χ1n) is 17.3. The number of carbonyl (C=O) groups is 2. The Morgan fingerprint density at radius 1 is 0.923 bits per heavy atom. The van der Waals surface area contributed by atoms with Crippen LogP contribution in [0.2, 0.25) is 0 Å². The fraction of sp³-hybridized carbons (Fsp3) is 0.528. The van der Waals surface area contributed by atoms with Gasteiger partial charge in [-0.2, -0.15) is 26.3 Å². The Labute approximate surface area is 298 Å². The zero-order valence-electron chi connectivity index (χ0n) is 29.6. The number of carbonyl (C=O) groups excluding carboxylic acids is 2. The number of rotatable bonds is 9. The number of hydrogen-bond acceptors (Lipinski definition) is 9. The second-order valence-corrected chi connectivity index (χ2v) is 13.0. The molecule has 0 saturated carbocycles. The highest BCUT2D eigenvalue weighted by atomic mass is 19.4. The molecule has 16 heteroatoms. The third-order valence-corrected chi connectivity index (χ3v) is 9.39. The summed E-state index contributed by atoms with van der Waals surface area (Å²) in [4.78, 5) is 44.7. The Morgan fingerprint density at radius 3 is 2.13 bits per heavy atom. The smallest absolute Gasteiger partial charge is 0.416 e. The van der Waals surface area contributed by atoms with Gasteiger partial charge >= 0.3 is 24.4 Å². The van der Waals surface area contributed by atoms with Gasteiger partial charge in [0.15, 0.2) is 0 Å². The second kappa shape index (κ2) is 15.5. The highest BCUT2D eigenvalue weighted by molar-refractivity contribution is 5.91. The molecular weight excluding hydrogens is 694 g/mol. The van der Waals surface area contributed by atoms with E-state index in [9.17, 15) is 35.9 Å². The van der Waals surface area contributed by atoms with Gasteiger partial charge in [-0.25, -0.2) is 14.8 Å². The molecule has 0 aliphatic carbocycles. The Morgan fingerprint density at radius 2 is 1.56 bits per heavy atom. The summed E-state index contributed by atoms with van der Waals surface area (Å²) in [6.45, 7) is 9.71. The number of fused-ring (bicyclic) bond motifs is 1. The van der Waals surface area contributed by atoms with Crippen molar-refractivity contribution in [2.24, 2.45) is 5.92 Å². The lowest BCUT2D eigenvalue weighted by atomic mass is 9.88. The van der Waals surface area contributed by atoms with Crippen LogP contribution in [0.5, 0.6) is 0 Å². The number of hydrogen-bond donors (Lipinski definition) is 0. The lowest BCUT2D eigenvalue weighted by Crippen LogP contribution is -2.48. The zero-order valence-corrected chi connectivity index (χ0v) is 29.6. The molecule has 1 aromatic carbocycles. The van der Waals surface area contributed by atoms with Crippen molar-refractivity contribution in [1.29, 1.82) is 0 Å². The summed E-state index contributed by atoms with van der Waals surface area (Å²) in [5.74, 6) is -0.592. The molecule has 3 atom stereocenters. The van der Waals surface area contributed by atoms with Crippen LogP contribution in [-0.2, 0) is 33.2 Å². The van der Waals surface area contributed by atoms with Crippen molar-refractivity contribution in [2.75, 3.05) is 41.0 Å². The number of amides is 1. The van der Waals surface area contributed by atoms with E-state index in [1.807, 2.05) is 11.8 Å². The van der Waals surface area contributed by atoms with Crippen LogP contribution in [-0.4, -0.2) is 59.4 Å². The third-order valence-electron chi connectivity index (χ3n) is 9.39. The first kappa shape index (κ1) is 38.6. The molecule has 1 fully saturated rings. The van der Waals surface area contributed by atoms with Gasteiger partial charge in [-0.15, -0.1) is 0 Å². The van der Waals surface area contributed by atoms with Gasteiger partial charge in [-0.3, -0.25) is 14.7 Å². The highest BCUT2D eigenvalue weighted by Gasteiger charge is 2.42. The number of aryl methyl sites for hydroxylation is 2. The molecule has 2 aromatic heterocycles. The van der Waals surface area contributed by atoms with Crippen molar-refractivity contribution in [3.8, 4) is 0 Å². The normalized spacial score (nSPS) is 19.2. The van der Waals surface area contributed by atoms with E-state index in [-0.39, 0.29) is 49.1 Å². The molecule has 2 aliphatic rings. The molecule has 3 aromatic rings. The SMILES string of the molecule is CCOC(=O)C1CCCN(c2cnc(N(Cc3cc(C(F)(F)F)cc(C(F)(F)F)c3)C3CC(CC)N(C(=O)OCC)c4c3cc(C)nc4C)nc2)C1. The minimum absolute atomic E-state index is 0.0520. The van der Waals surface area contributed by atoms with E-state index >= 15 is 0 Å². The number of anilines is 3. The topological polar surface area (TPSA) is 101 Å². The van der Waals surface area contributed by atoms with E-state index in [1.54, 1.807) is 38.7 Å². The van der Waals surface area contributed by atoms with E-state index in [4.69, 9.17) is 9.47 Å². The molecule has 282 valence electrons. The number of alkyl halides is 6. The van der Waals surface area contributed by atoms with Gasteiger partial charge in [0.1, 0.15) is 0 Å². The molecule has 5 rings (SSSR count). The number of piperidine rings is 1.